The zero-order valence-electron chi connectivity index (χ0n) is 21.0. The second-order valence-electron chi connectivity index (χ2n) is 8.47. The fourth-order valence-corrected chi connectivity index (χ4v) is 4.60. The minimum atomic E-state index is -0.436. The van der Waals surface area contributed by atoms with Gasteiger partial charge in [0, 0.05) is 29.4 Å². The van der Waals surface area contributed by atoms with Crippen LogP contribution in [0.1, 0.15) is 34.5 Å². The van der Waals surface area contributed by atoms with Crippen LogP contribution in [-0.4, -0.2) is 50.8 Å². The molecule has 0 saturated carbocycles. The van der Waals surface area contributed by atoms with Crippen LogP contribution in [0.3, 0.4) is 0 Å². The number of benzene rings is 3. The van der Waals surface area contributed by atoms with Crippen molar-refractivity contribution in [2.24, 2.45) is 0 Å². The maximum Gasteiger partial charge on any atom is 0.322 e. The molecule has 0 saturated heterocycles. The molecule has 2 N–H and O–H groups in total. The lowest BCUT2D eigenvalue weighted by molar-refractivity contribution is 0.0936. The van der Waals surface area contributed by atoms with E-state index in [-0.39, 0.29) is 18.5 Å². The van der Waals surface area contributed by atoms with Gasteiger partial charge in [-0.05, 0) is 79.1 Å². The number of fused-ring (bicyclic) bond motifs is 1. The van der Waals surface area contributed by atoms with Gasteiger partial charge < -0.3 is 29.7 Å². The van der Waals surface area contributed by atoms with Crippen molar-refractivity contribution in [2.75, 3.05) is 39.2 Å². The molecule has 1 aliphatic rings. The minimum Gasteiger partial charge on any atom is -0.494 e. The van der Waals surface area contributed by atoms with Gasteiger partial charge in [0.15, 0.2) is 11.5 Å². The van der Waals surface area contributed by atoms with Crippen molar-refractivity contribution in [2.45, 2.75) is 19.4 Å². The van der Waals surface area contributed by atoms with E-state index in [1.807, 2.05) is 31.2 Å². The highest BCUT2D eigenvalue weighted by Crippen LogP contribution is 2.38. The average Bonchev–Trinajstić information content (AvgIpc) is 2.91. The van der Waals surface area contributed by atoms with E-state index < -0.39 is 6.04 Å². The molecule has 0 aliphatic carbocycles. The van der Waals surface area contributed by atoms with Crippen LogP contribution in [-0.2, 0) is 6.42 Å². The van der Waals surface area contributed by atoms with Gasteiger partial charge >= 0.3 is 6.03 Å². The molecule has 0 spiro atoms. The second kappa shape index (κ2) is 11.9. The summed E-state index contributed by atoms with van der Waals surface area (Å²) in [4.78, 5) is 28.0. The first-order chi connectivity index (χ1) is 17.9. The Morgan fingerprint density at radius 3 is 2.43 bits per heavy atom. The number of hydrogen-bond acceptors (Lipinski definition) is 5. The first-order valence-corrected chi connectivity index (χ1v) is 12.4. The topological polar surface area (TPSA) is 89.1 Å². The Morgan fingerprint density at radius 2 is 1.76 bits per heavy atom. The van der Waals surface area contributed by atoms with Crippen molar-refractivity contribution in [3.05, 3.63) is 82.4 Å². The van der Waals surface area contributed by atoms with Crippen LogP contribution in [0.4, 0.5) is 10.5 Å². The van der Waals surface area contributed by atoms with Crippen molar-refractivity contribution < 1.29 is 23.8 Å². The van der Waals surface area contributed by atoms with Crippen LogP contribution in [0, 0.1) is 0 Å². The molecule has 3 aromatic carbocycles. The Balaban J connectivity index is 1.60. The molecular formula is C28H30ClN3O5. The molecule has 0 bridgehead atoms. The molecule has 194 valence electrons. The molecule has 0 fully saturated rings. The molecule has 0 radical (unpaired) electrons. The van der Waals surface area contributed by atoms with E-state index in [4.69, 9.17) is 25.8 Å². The number of halogens is 1. The predicted octanol–water partition coefficient (Wildman–Crippen LogP) is 5.32. The molecular weight excluding hydrogens is 494 g/mol. The SMILES string of the molecule is CCOc1ccc(NC(=O)N2CCc3cc(OC)c(OC)cc3[C@@H]2CNC(=O)c2cccc(Cl)c2)cc1. The number of urea groups is 1. The second-order valence-corrected chi connectivity index (χ2v) is 8.91. The lowest BCUT2D eigenvalue weighted by atomic mass is 9.91. The Morgan fingerprint density at radius 1 is 1.03 bits per heavy atom. The van der Waals surface area contributed by atoms with Crippen LogP contribution >= 0.6 is 11.6 Å². The molecule has 3 amide bonds. The van der Waals surface area contributed by atoms with Gasteiger partial charge in [0.2, 0.25) is 0 Å². The number of nitrogens with one attached hydrogen (secondary N) is 2. The first-order valence-electron chi connectivity index (χ1n) is 12.0. The van der Waals surface area contributed by atoms with Crippen LogP contribution < -0.4 is 24.8 Å². The standard InChI is InChI=1S/C28H30ClN3O5/c1-4-37-22-10-8-21(9-11-22)31-28(34)32-13-12-18-15-25(35-2)26(36-3)16-23(18)24(32)17-30-27(33)19-6-5-7-20(29)14-19/h5-11,14-16,24H,4,12-13,17H2,1-3H3,(H,30,33)(H,31,34)/t24-/m0/s1. The largest absolute Gasteiger partial charge is 0.494 e. The van der Waals surface area contributed by atoms with Gasteiger partial charge in [0.05, 0.1) is 26.9 Å². The van der Waals surface area contributed by atoms with E-state index in [9.17, 15) is 9.59 Å². The molecule has 0 unspecified atom stereocenters. The van der Waals surface area contributed by atoms with Gasteiger partial charge in [0.1, 0.15) is 5.75 Å². The Kier molecular flexibility index (Phi) is 8.40. The summed E-state index contributed by atoms with van der Waals surface area (Å²) in [6.07, 6.45) is 0.630. The normalized spacial score (nSPS) is 14.4. The van der Waals surface area contributed by atoms with Gasteiger partial charge in [-0.15, -0.1) is 0 Å². The van der Waals surface area contributed by atoms with E-state index in [0.717, 1.165) is 16.9 Å². The predicted molar refractivity (Wildman–Crippen MR) is 143 cm³/mol. The van der Waals surface area contributed by atoms with E-state index in [0.29, 0.717) is 47.3 Å². The molecule has 3 aromatic rings. The van der Waals surface area contributed by atoms with Crippen LogP contribution in [0.25, 0.3) is 0 Å². The Hall–Kier alpha value is -3.91. The van der Waals surface area contributed by atoms with Gasteiger partial charge in [0.25, 0.3) is 5.91 Å². The third kappa shape index (κ3) is 6.09. The van der Waals surface area contributed by atoms with Crippen LogP contribution in [0.15, 0.2) is 60.7 Å². The van der Waals surface area contributed by atoms with E-state index in [1.165, 1.54) is 0 Å². The summed E-state index contributed by atoms with van der Waals surface area (Å²) >= 11 is 6.06. The summed E-state index contributed by atoms with van der Waals surface area (Å²) in [5, 5.41) is 6.41. The van der Waals surface area contributed by atoms with Gasteiger partial charge in [-0.3, -0.25) is 4.79 Å². The number of carbonyl (C=O) groups excluding carboxylic acids is 2. The summed E-state index contributed by atoms with van der Waals surface area (Å²) in [7, 11) is 3.16. The van der Waals surface area contributed by atoms with Crippen LogP contribution in [0.5, 0.6) is 17.2 Å². The number of nitrogens with zero attached hydrogens (tertiary/aromatic N) is 1. The van der Waals surface area contributed by atoms with Crippen molar-refractivity contribution in [1.82, 2.24) is 10.2 Å². The number of ether oxygens (including phenoxy) is 3. The Bertz CT molecular complexity index is 1270. The molecule has 4 rings (SSSR count). The fourth-order valence-electron chi connectivity index (χ4n) is 4.41. The number of hydrogen-bond donors (Lipinski definition) is 2. The summed E-state index contributed by atoms with van der Waals surface area (Å²) in [6, 6.07) is 17.0. The van der Waals surface area contributed by atoms with Gasteiger partial charge in [-0.25, -0.2) is 4.79 Å². The first kappa shape index (κ1) is 26.2. The highest BCUT2D eigenvalue weighted by molar-refractivity contribution is 6.30. The molecule has 9 heteroatoms. The van der Waals surface area contributed by atoms with E-state index >= 15 is 0 Å². The monoisotopic (exact) mass is 523 g/mol. The summed E-state index contributed by atoms with van der Waals surface area (Å²) in [5.41, 5.74) is 3.01. The van der Waals surface area contributed by atoms with E-state index in [1.54, 1.807) is 55.5 Å². The summed E-state index contributed by atoms with van der Waals surface area (Å²) < 4.78 is 16.5. The number of anilines is 1. The number of amides is 3. The zero-order chi connectivity index (χ0) is 26.4. The van der Waals surface area contributed by atoms with Crippen molar-refractivity contribution in [3.8, 4) is 17.2 Å². The van der Waals surface area contributed by atoms with Crippen LogP contribution in [0.2, 0.25) is 5.02 Å². The maximum absolute atomic E-state index is 13.4. The quantitative estimate of drug-likeness (QED) is 0.417. The third-order valence-corrected chi connectivity index (χ3v) is 6.46. The summed E-state index contributed by atoms with van der Waals surface area (Å²) in [6.45, 7) is 3.14. The Labute approximate surface area is 221 Å². The summed E-state index contributed by atoms with van der Waals surface area (Å²) in [5.74, 6) is 1.63. The van der Waals surface area contributed by atoms with Crippen molar-refractivity contribution >= 4 is 29.2 Å². The maximum atomic E-state index is 13.4. The minimum absolute atomic E-state index is 0.199. The number of carbonyl (C=O) groups is 2. The molecule has 1 atom stereocenters. The molecule has 1 heterocycles. The zero-order valence-corrected chi connectivity index (χ0v) is 21.8. The lowest BCUT2D eigenvalue weighted by Crippen LogP contribution is -2.46. The lowest BCUT2D eigenvalue weighted by Gasteiger charge is -2.38. The smallest absolute Gasteiger partial charge is 0.322 e. The average molecular weight is 524 g/mol. The fraction of sp³-hybridized carbons (Fsp3) is 0.286. The van der Waals surface area contributed by atoms with Gasteiger partial charge in [-0.2, -0.15) is 0 Å². The van der Waals surface area contributed by atoms with Crippen molar-refractivity contribution in [1.29, 1.82) is 0 Å². The highest BCUT2D eigenvalue weighted by Gasteiger charge is 2.32. The molecule has 1 aliphatic heterocycles. The molecule has 37 heavy (non-hydrogen) atoms. The molecule has 8 nitrogen and oxygen atoms in total. The van der Waals surface area contributed by atoms with Crippen molar-refractivity contribution in [3.63, 3.8) is 0 Å². The number of rotatable bonds is 8. The third-order valence-electron chi connectivity index (χ3n) is 6.22. The number of methoxy groups -OCH3 is 2. The van der Waals surface area contributed by atoms with Gasteiger partial charge in [-0.1, -0.05) is 17.7 Å². The molecule has 0 aromatic heterocycles. The van der Waals surface area contributed by atoms with E-state index in [2.05, 4.69) is 10.6 Å². The highest BCUT2D eigenvalue weighted by atomic mass is 35.5.